The Hall–Kier alpha value is -2.02. The van der Waals surface area contributed by atoms with Crippen LogP contribution < -0.4 is 22.1 Å². The Bertz CT molecular complexity index is 787. The summed E-state index contributed by atoms with van der Waals surface area (Å²) >= 11 is 0. The van der Waals surface area contributed by atoms with Gasteiger partial charge in [-0.1, -0.05) is 0 Å². The summed E-state index contributed by atoms with van der Waals surface area (Å²) in [6, 6.07) is -2.92. The topological polar surface area (TPSA) is 219 Å². The molecule has 13 nitrogen and oxygen atoms in total. The van der Waals surface area contributed by atoms with Gasteiger partial charge in [-0.15, -0.1) is 12.3 Å². The van der Waals surface area contributed by atoms with E-state index >= 15 is 0 Å². The fraction of sp³-hybridized carbons (Fsp3) is 0.826. The molecule has 0 aromatic rings. The number of rotatable bonds is 8. The molecule has 0 aromatic carbocycles. The zero-order valence-electron chi connectivity index (χ0n) is 20.9. The number of aliphatic hydroxyl groups is 4. The van der Waals surface area contributed by atoms with E-state index in [1.807, 2.05) is 0 Å². The number of carbonyl (C=O) groups is 2. The summed E-state index contributed by atoms with van der Waals surface area (Å²) in [4.78, 5) is 24.5. The van der Waals surface area contributed by atoms with Gasteiger partial charge in [-0.25, -0.2) is 4.79 Å². The highest BCUT2D eigenvalue weighted by molar-refractivity contribution is 5.75. The van der Waals surface area contributed by atoms with E-state index in [-0.39, 0.29) is 25.3 Å². The molecule has 1 aliphatic carbocycles. The van der Waals surface area contributed by atoms with Gasteiger partial charge in [0.15, 0.2) is 6.29 Å². The number of nitrogens with one attached hydrogen (secondary N) is 2. The van der Waals surface area contributed by atoms with E-state index in [0.29, 0.717) is 12.8 Å². The van der Waals surface area contributed by atoms with Crippen LogP contribution in [0.25, 0.3) is 0 Å². The van der Waals surface area contributed by atoms with Crippen LogP contribution in [0.5, 0.6) is 0 Å². The summed E-state index contributed by atoms with van der Waals surface area (Å²) in [7, 11) is 0. The maximum absolute atomic E-state index is 12.4. The molecule has 0 spiro atoms. The molecule has 206 valence electrons. The normalized spacial score (nSPS) is 37.0. The fourth-order valence-corrected chi connectivity index (χ4v) is 4.09. The number of terminal acetylenes is 1. The zero-order chi connectivity index (χ0) is 27.2. The number of carbonyl (C=O) groups excluding carboxylic acids is 2. The second-order valence-electron chi connectivity index (χ2n) is 10.2. The lowest BCUT2D eigenvalue weighted by atomic mass is 9.84. The third-order valence-corrected chi connectivity index (χ3v) is 5.99. The molecule has 6 unspecified atom stereocenters. The second kappa shape index (κ2) is 13.0. The Morgan fingerprint density at radius 2 is 1.75 bits per heavy atom. The second-order valence-corrected chi connectivity index (χ2v) is 10.2. The third kappa shape index (κ3) is 8.25. The van der Waals surface area contributed by atoms with Gasteiger partial charge < -0.3 is 56.7 Å². The average Bonchev–Trinajstić information content (AvgIpc) is 2.77. The fourth-order valence-electron chi connectivity index (χ4n) is 4.09. The summed E-state index contributed by atoms with van der Waals surface area (Å²) in [5.74, 6) is 2.11. The number of alkyl carbamates (subject to hydrolysis) is 1. The lowest BCUT2D eigenvalue weighted by Crippen LogP contribution is -2.69. The van der Waals surface area contributed by atoms with E-state index in [0.717, 1.165) is 0 Å². The largest absolute Gasteiger partial charge is 0.444 e. The molecule has 10 atom stereocenters. The minimum Gasteiger partial charge on any atom is -0.444 e. The minimum absolute atomic E-state index is 0.127. The molecule has 2 rings (SSSR count). The van der Waals surface area contributed by atoms with Crippen molar-refractivity contribution in [1.29, 1.82) is 0 Å². The lowest BCUT2D eigenvalue weighted by molar-refractivity contribution is -0.292. The van der Waals surface area contributed by atoms with Gasteiger partial charge in [-0.05, 0) is 33.6 Å². The van der Waals surface area contributed by atoms with Crippen molar-refractivity contribution in [2.24, 2.45) is 11.5 Å². The van der Waals surface area contributed by atoms with E-state index in [9.17, 15) is 30.0 Å². The van der Waals surface area contributed by atoms with Gasteiger partial charge >= 0.3 is 6.09 Å². The lowest BCUT2D eigenvalue weighted by Gasteiger charge is -2.46. The Morgan fingerprint density at radius 1 is 1.08 bits per heavy atom. The third-order valence-electron chi connectivity index (χ3n) is 5.99. The van der Waals surface area contributed by atoms with Crippen molar-refractivity contribution >= 4 is 12.0 Å². The van der Waals surface area contributed by atoms with Gasteiger partial charge in [0, 0.05) is 31.5 Å². The quantitative estimate of drug-likeness (QED) is 0.124. The number of hydrogen-bond acceptors (Lipinski definition) is 11. The van der Waals surface area contributed by atoms with E-state index in [1.54, 1.807) is 20.8 Å². The first kappa shape index (κ1) is 30.2. The highest BCUT2D eigenvalue weighted by Crippen LogP contribution is 2.28. The van der Waals surface area contributed by atoms with Crippen LogP contribution >= 0.6 is 0 Å². The summed E-state index contributed by atoms with van der Waals surface area (Å²) in [5.41, 5.74) is 11.0. The zero-order valence-corrected chi connectivity index (χ0v) is 20.9. The van der Waals surface area contributed by atoms with Crippen LogP contribution in [0.15, 0.2) is 0 Å². The molecular weight excluding hydrogens is 476 g/mol. The molecule has 0 radical (unpaired) electrons. The van der Waals surface area contributed by atoms with Crippen molar-refractivity contribution in [2.45, 2.75) is 113 Å². The molecular formula is C23H40N4O9. The van der Waals surface area contributed by atoms with Crippen LogP contribution in [0, 0.1) is 12.3 Å². The summed E-state index contributed by atoms with van der Waals surface area (Å²) in [6.07, 6.45) is -4.21. The van der Waals surface area contributed by atoms with Crippen molar-refractivity contribution in [3.05, 3.63) is 0 Å². The molecule has 0 bridgehead atoms. The maximum atomic E-state index is 12.4. The molecule has 2 amide bonds. The van der Waals surface area contributed by atoms with E-state index in [2.05, 4.69) is 16.6 Å². The van der Waals surface area contributed by atoms with Gasteiger partial charge in [0.2, 0.25) is 5.91 Å². The van der Waals surface area contributed by atoms with Crippen LogP contribution in [0.2, 0.25) is 0 Å². The molecule has 1 heterocycles. The first-order valence-electron chi connectivity index (χ1n) is 12.0. The average molecular weight is 517 g/mol. The van der Waals surface area contributed by atoms with Crippen LogP contribution in [-0.4, -0.2) is 106 Å². The summed E-state index contributed by atoms with van der Waals surface area (Å²) < 4.78 is 16.9. The first-order valence-corrected chi connectivity index (χ1v) is 12.0. The number of nitrogens with two attached hydrogens (primary N) is 2. The molecule has 2 fully saturated rings. The Balaban J connectivity index is 2.18. The van der Waals surface area contributed by atoms with E-state index in [4.69, 9.17) is 32.1 Å². The number of amides is 2. The summed E-state index contributed by atoms with van der Waals surface area (Å²) in [6.45, 7) is 4.76. The van der Waals surface area contributed by atoms with Gasteiger partial charge in [0.25, 0.3) is 0 Å². The van der Waals surface area contributed by atoms with Crippen molar-refractivity contribution in [3.63, 3.8) is 0 Å². The Kier molecular flexibility index (Phi) is 10.9. The SMILES string of the molecule is C#CCCCC(=O)NCC1O[C@H](O[C@@H]2C(N)C[C@@H](N)C(O)C2O)C(NC(=O)OC(C)(C)C)C(O)[C@@H]1O. The van der Waals surface area contributed by atoms with Gasteiger partial charge in [0.1, 0.15) is 42.2 Å². The molecule has 36 heavy (non-hydrogen) atoms. The molecule has 2 aliphatic rings. The highest BCUT2D eigenvalue weighted by atomic mass is 16.7. The van der Waals surface area contributed by atoms with Gasteiger partial charge in [-0.3, -0.25) is 4.79 Å². The molecule has 10 N–H and O–H groups in total. The van der Waals surface area contributed by atoms with Crippen LogP contribution in [-0.2, 0) is 19.0 Å². The number of unbranched alkanes of at least 4 members (excludes halogenated alkanes) is 1. The van der Waals surface area contributed by atoms with Crippen molar-refractivity contribution in [3.8, 4) is 12.3 Å². The van der Waals surface area contributed by atoms with Gasteiger partial charge in [-0.2, -0.15) is 0 Å². The van der Waals surface area contributed by atoms with E-state index in [1.165, 1.54) is 0 Å². The monoisotopic (exact) mass is 516 g/mol. The van der Waals surface area contributed by atoms with Crippen LogP contribution in [0.1, 0.15) is 46.5 Å². The minimum atomic E-state index is -1.61. The van der Waals surface area contributed by atoms with Crippen LogP contribution in [0.4, 0.5) is 4.79 Å². The van der Waals surface area contributed by atoms with Crippen molar-refractivity contribution in [2.75, 3.05) is 6.54 Å². The number of ether oxygens (including phenoxy) is 3. The number of hydrogen-bond donors (Lipinski definition) is 8. The van der Waals surface area contributed by atoms with Gasteiger partial charge in [0.05, 0.1) is 6.10 Å². The molecule has 1 aliphatic heterocycles. The summed E-state index contributed by atoms with van der Waals surface area (Å²) in [5, 5.41) is 47.2. The van der Waals surface area contributed by atoms with Crippen LogP contribution in [0.3, 0.4) is 0 Å². The van der Waals surface area contributed by atoms with E-state index < -0.39 is 72.7 Å². The molecule has 0 aromatic heterocycles. The van der Waals surface area contributed by atoms with Crippen molar-refractivity contribution < 1.29 is 44.2 Å². The Labute approximate surface area is 210 Å². The molecule has 1 saturated carbocycles. The predicted octanol–water partition coefficient (Wildman–Crippen LogP) is -2.59. The smallest absolute Gasteiger partial charge is 0.408 e. The number of aliphatic hydroxyl groups excluding tert-OH is 4. The molecule has 1 saturated heterocycles. The first-order chi connectivity index (χ1) is 16.7. The Morgan fingerprint density at radius 3 is 2.36 bits per heavy atom. The molecule has 13 heteroatoms. The highest BCUT2D eigenvalue weighted by Gasteiger charge is 2.50. The predicted molar refractivity (Wildman–Crippen MR) is 127 cm³/mol. The standard InChI is InChI=1S/C23H40N4O9/c1-5-6-7-8-14(28)26-10-13-17(30)18(31)15(27-22(33)36-23(2,3)4)21(34-13)35-20-12(25)9-11(24)16(29)19(20)32/h1,11-13,15-21,29-32H,6-10,24-25H2,2-4H3,(H,26,28)(H,27,33)/t11-,12?,13?,15?,16?,17-,18?,19?,20-,21-/m1/s1. The maximum Gasteiger partial charge on any atom is 0.408 e. The van der Waals surface area contributed by atoms with Crippen molar-refractivity contribution in [1.82, 2.24) is 10.6 Å².